The quantitative estimate of drug-likeness (QED) is 0.689. The number of aromatic nitrogens is 1. The molecule has 0 bridgehead atoms. The van der Waals surface area contributed by atoms with E-state index in [0.29, 0.717) is 10.9 Å². The highest BCUT2D eigenvalue weighted by molar-refractivity contribution is 6.06. The second-order valence-electron chi connectivity index (χ2n) is 5.29. The number of nitrogens with zero attached hydrogens (tertiary/aromatic N) is 1. The molecule has 0 fully saturated rings. The maximum atomic E-state index is 13.0. The molecule has 110 valence electrons. The SMILES string of the molecule is CCc1cc2cccc(C(C)=O)c2c(=O)n1-c1ccccc1. The van der Waals surface area contributed by atoms with Gasteiger partial charge in [0.05, 0.1) is 5.39 Å². The van der Waals surface area contributed by atoms with Crippen LogP contribution in [-0.4, -0.2) is 10.4 Å². The second-order valence-corrected chi connectivity index (χ2v) is 5.29. The maximum absolute atomic E-state index is 13.0. The summed E-state index contributed by atoms with van der Waals surface area (Å²) >= 11 is 0. The molecular weight excluding hydrogens is 274 g/mol. The predicted octanol–water partition coefficient (Wildman–Crippen LogP) is 3.76. The Labute approximate surface area is 128 Å². The predicted molar refractivity (Wildman–Crippen MR) is 88.9 cm³/mol. The molecule has 0 aliphatic rings. The average molecular weight is 291 g/mol. The number of pyridine rings is 1. The molecule has 0 atom stereocenters. The Morgan fingerprint density at radius 1 is 1.05 bits per heavy atom. The van der Waals surface area contributed by atoms with Crippen molar-refractivity contribution >= 4 is 16.6 Å². The number of carbonyl (C=O) groups excluding carboxylic acids is 1. The van der Waals surface area contributed by atoms with E-state index < -0.39 is 0 Å². The van der Waals surface area contributed by atoms with Crippen LogP contribution in [0.3, 0.4) is 0 Å². The number of ketones is 1. The third-order valence-corrected chi connectivity index (χ3v) is 3.88. The van der Waals surface area contributed by atoms with Crippen LogP contribution in [-0.2, 0) is 6.42 Å². The molecule has 0 radical (unpaired) electrons. The molecule has 3 aromatic rings. The van der Waals surface area contributed by atoms with E-state index in [0.717, 1.165) is 23.2 Å². The Morgan fingerprint density at radius 2 is 1.77 bits per heavy atom. The van der Waals surface area contributed by atoms with Crippen molar-refractivity contribution < 1.29 is 4.79 Å². The fourth-order valence-corrected chi connectivity index (χ4v) is 2.83. The van der Waals surface area contributed by atoms with Crippen molar-refractivity contribution in [2.24, 2.45) is 0 Å². The van der Waals surface area contributed by atoms with E-state index in [1.807, 2.05) is 55.5 Å². The van der Waals surface area contributed by atoms with E-state index in [-0.39, 0.29) is 11.3 Å². The van der Waals surface area contributed by atoms with Gasteiger partial charge < -0.3 is 0 Å². The first kappa shape index (κ1) is 14.3. The van der Waals surface area contributed by atoms with E-state index in [9.17, 15) is 9.59 Å². The number of rotatable bonds is 3. The fourth-order valence-electron chi connectivity index (χ4n) is 2.83. The summed E-state index contributed by atoms with van der Waals surface area (Å²) in [4.78, 5) is 24.9. The van der Waals surface area contributed by atoms with Crippen LogP contribution in [0.15, 0.2) is 59.4 Å². The number of hydrogen-bond acceptors (Lipinski definition) is 2. The van der Waals surface area contributed by atoms with Gasteiger partial charge in [0.25, 0.3) is 5.56 Å². The van der Waals surface area contributed by atoms with Crippen molar-refractivity contribution in [1.29, 1.82) is 0 Å². The van der Waals surface area contributed by atoms with Crippen LogP contribution in [0, 0.1) is 0 Å². The van der Waals surface area contributed by atoms with Crippen molar-refractivity contribution in [3.63, 3.8) is 0 Å². The molecule has 0 aliphatic heterocycles. The average Bonchev–Trinajstić information content (AvgIpc) is 2.54. The molecule has 0 spiro atoms. The number of para-hydroxylation sites is 1. The van der Waals surface area contributed by atoms with Crippen molar-refractivity contribution in [3.05, 3.63) is 76.2 Å². The van der Waals surface area contributed by atoms with Gasteiger partial charge in [-0.25, -0.2) is 0 Å². The molecule has 0 N–H and O–H groups in total. The van der Waals surface area contributed by atoms with Gasteiger partial charge in [-0.1, -0.05) is 43.3 Å². The summed E-state index contributed by atoms with van der Waals surface area (Å²) in [6.07, 6.45) is 0.740. The van der Waals surface area contributed by atoms with Crippen molar-refractivity contribution in [3.8, 4) is 5.69 Å². The monoisotopic (exact) mass is 291 g/mol. The van der Waals surface area contributed by atoms with Gasteiger partial charge in [-0.05, 0) is 36.9 Å². The highest BCUT2D eigenvalue weighted by atomic mass is 16.1. The number of fused-ring (bicyclic) bond motifs is 1. The van der Waals surface area contributed by atoms with Crippen molar-refractivity contribution in [2.45, 2.75) is 20.3 Å². The van der Waals surface area contributed by atoms with E-state index in [1.165, 1.54) is 6.92 Å². The second kappa shape index (κ2) is 5.60. The summed E-state index contributed by atoms with van der Waals surface area (Å²) in [5.74, 6) is -0.0911. The Hall–Kier alpha value is -2.68. The summed E-state index contributed by atoms with van der Waals surface area (Å²) < 4.78 is 1.70. The summed E-state index contributed by atoms with van der Waals surface area (Å²) in [5.41, 5.74) is 2.11. The lowest BCUT2D eigenvalue weighted by Crippen LogP contribution is -2.23. The van der Waals surface area contributed by atoms with Gasteiger partial charge in [0.15, 0.2) is 5.78 Å². The summed E-state index contributed by atoms with van der Waals surface area (Å²) in [6.45, 7) is 3.52. The lowest BCUT2D eigenvalue weighted by atomic mass is 10.0. The first-order valence-electron chi connectivity index (χ1n) is 7.37. The minimum atomic E-state index is -0.133. The van der Waals surface area contributed by atoms with E-state index in [2.05, 4.69) is 0 Å². The van der Waals surface area contributed by atoms with Crippen LogP contribution in [0.2, 0.25) is 0 Å². The van der Waals surface area contributed by atoms with Gasteiger partial charge >= 0.3 is 0 Å². The zero-order valence-corrected chi connectivity index (χ0v) is 12.7. The Kier molecular flexibility index (Phi) is 3.63. The van der Waals surface area contributed by atoms with Gasteiger partial charge in [-0.15, -0.1) is 0 Å². The zero-order valence-electron chi connectivity index (χ0n) is 12.7. The summed E-state index contributed by atoms with van der Waals surface area (Å²) in [6, 6.07) is 17.0. The Bertz CT molecular complexity index is 908. The Morgan fingerprint density at radius 3 is 2.41 bits per heavy atom. The lowest BCUT2D eigenvalue weighted by Gasteiger charge is -2.14. The van der Waals surface area contributed by atoms with Crippen LogP contribution < -0.4 is 5.56 Å². The van der Waals surface area contributed by atoms with E-state index >= 15 is 0 Å². The molecule has 0 saturated heterocycles. The smallest absolute Gasteiger partial charge is 0.263 e. The number of carbonyl (C=O) groups is 1. The maximum Gasteiger partial charge on any atom is 0.263 e. The van der Waals surface area contributed by atoms with Crippen molar-refractivity contribution in [2.75, 3.05) is 0 Å². The molecular formula is C19H17NO2. The summed E-state index contributed by atoms with van der Waals surface area (Å²) in [7, 11) is 0. The minimum absolute atomic E-state index is 0.0911. The molecule has 1 heterocycles. The molecule has 0 amide bonds. The molecule has 0 saturated carbocycles. The molecule has 22 heavy (non-hydrogen) atoms. The van der Waals surface area contributed by atoms with Gasteiger partial charge in [-0.2, -0.15) is 0 Å². The molecule has 0 aliphatic carbocycles. The molecule has 0 unspecified atom stereocenters. The summed E-state index contributed by atoms with van der Waals surface area (Å²) in [5, 5.41) is 1.32. The van der Waals surface area contributed by atoms with Crippen molar-refractivity contribution in [1.82, 2.24) is 4.57 Å². The lowest BCUT2D eigenvalue weighted by molar-refractivity contribution is 0.101. The zero-order chi connectivity index (χ0) is 15.7. The molecule has 3 heteroatoms. The highest BCUT2D eigenvalue weighted by Gasteiger charge is 2.14. The van der Waals surface area contributed by atoms with E-state index in [4.69, 9.17) is 0 Å². The molecule has 3 rings (SSSR count). The van der Waals surface area contributed by atoms with Gasteiger partial charge in [0.1, 0.15) is 0 Å². The van der Waals surface area contributed by atoms with Crippen LogP contribution >= 0.6 is 0 Å². The highest BCUT2D eigenvalue weighted by Crippen LogP contribution is 2.20. The largest absolute Gasteiger partial charge is 0.294 e. The minimum Gasteiger partial charge on any atom is -0.294 e. The van der Waals surface area contributed by atoms with Crippen LogP contribution in [0.1, 0.15) is 29.9 Å². The van der Waals surface area contributed by atoms with Gasteiger partial charge in [0.2, 0.25) is 0 Å². The Balaban J connectivity index is 2.47. The van der Waals surface area contributed by atoms with Crippen LogP contribution in [0.25, 0.3) is 16.5 Å². The normalized spacial score (nSPS) is 10.8. The van der Waals surface area contributed by atoms with Gasteiger partial charge in [0, 0.05) is 16.9 Å². The van der Waals surface area contributed by atoms with Crippen LogP contribution in [0.5, 0.6) is 0 Å². The molecule has 3 nitrogen and oxygen atoms in total. The topological polar surface area (TPSA) is 39.1 Å². The molecule has 1 aromatic heterocycles. The number of Topliss-reactive ketones (excluding diaryl/α,β-unsaturated/α-hetero) is 1. The third kappa shape index (κ3) is 2.25. The fraction of sp³-hybridized carbons (Fsp3) is 0.158. The third-order valence-electron chi connectivity index (χ3n) is 3.88. The van der Waals surface area contributed by atoms with Crippen LogP contribution in [0.4, 0.5) is 0 Å². The first-order valence-corrected chi connectivity index (χ1v) is 7.37. The number of hydrogen-bond donors (Lipinski definition) is 0. The standard InChI is InChI=1S/C19H17NO2/c1-3-15-12-14-8-7-11-17(13(2)21)18(14)19(22)20(15)16-9-5-4-6-10-16/h4-12H,3H2,1-2H3. The first-order chi connectivity index (χ1) is 10.6. The van der Waals surface area contributed by atoms with E-state index in [1.54, 1.807) is 10.6 Å². The number of aryl methyl sites for hydroxylation is 1. The molecule has 2 aromatic carbocycles. The van der Waals surface area contributed by atoms with Gasteiger partial charge in [-0.3, -0.25) is 14.2 Å². The number of benzene rings is 2.